The first-order valence-electron chi connectivity index (χ1n) is 7.15. The molecule has 3 N–H and O–H groups in total. The smallest absolute Gasteiger partial charge is 0.188 e. The van der Waals surface area contributed by atoms with E-state index in [-0.39, 0.29) is 24.0 Å². The summed E-state index contributed by atoms with van der Waals surface area (Å²) in [6.45, 7) is 10.3. The van der Waals surface area contributed by atoms with Gasteiger partial charge in [0.15, 0.2) is 5.96 Å². The highest BCUT2D eigenvalue weighted by molar-refractivity contribution is 14.0. The molecule has 0 aromatic heterocycles. The summed E-state index contributed by atoms with van der Waals surface area (Å²) >= 11 is 0. The fraction of sp³-hybridized carbons (Fsp3) is 0.562. The highest BCUT2D eigenvalue weighted by atomic mass is 127. The second kappa shape index (κ2) is 10.0. The molecule has 0 atom stereocenters. The molecule has 114 valence electrons. The molecular formula is C16H28IN3. The van der Waals surface area contributed by atoms with E-state index in [0.717, 1.165) is 32.4 Å². The van der Waals surface area contributed by atoms with Crippen LogP contribution in [0.1, 0.15) is 42.0 Å². The van der Waals surface area contributed by atoms with Gasteiger partial charge < -0.3 is 11.1 Å². The quantitative estimate of drug-likeness (QED) is 0.339. The van der Waals surface area contributed by atoms with Crippen LogP contribution in [0.5, 0.6) is 0 Å². The minimum atomic E-state index is 0. The fourth-order valence-corrected chi connectivity index (χ4v) is 2.33. The largest absolute Gasteiger partial charge is 0.370 e. The van der Waals surface area contributed by atoms with E-state index in [9.17, 15) is 0 Å². The van der Waals surface area contributed by atoms with Crippen LogP contribution < -0.4 is 11.1 Å². The number of nitrogens with two attached hydrogens (primary N) is 1. The molecule has 0 bridgehead atoms. The molecule has 0 amide bonds. The van der Waals surface area contributed by atoms with Crippen LogP contribution in [-0.4, -0.2) is 19.0 Å². The molecule has 1 aromatic rings. The average Bonchev–Trinajstić information content (AvgIpc) is 2.32. The summed E-state index contributed by atoms with van der Waals surface area (Å²) in [6, 6.07) is 4.47. The van der Waals surface area contributed by atoms with E-state index in [1.54, 1.807) is 0 Å². The highest BCUT2D eigenvalue weighted by Gasteiger charge is 2.03. The molecule has 1 rings (SSSR count). The van der Waals surface area contributed by atoms with Gasteiger partial charge in [0.1, 0.15) is 0 Å². The number of aryl methyl sites for hydroxylation is 3. The van der Waals surface area contributed by atoms with E-state index in [0.29, 0.717) is 5.96 Å². The summed E-state index contributed by atoms with van der Waals surface area (Å²) in [4.78, 5) is 4.29. The van der Waals surface area contributed by atoms with E-state index in [1.165, 1.54) is 22.3 Å². The second-order valence-corrected chi connectivity index (χ2v) is 5.17. The first-order chi connectivity index (χ1) is 9.04. The highest BCUT2D eigenvalue weighted by Crippen LogP contribution is 2.16. The lowest BCUT2D eigenvalue weighted by Crippen LogP contribution is -2.33. The van der Waals surface area contributed by atoms with Crippen molar-refractivity contribution in [3.05, 3.63) is 34.4 Å². The van der Waals surface area contributed by atoms with E-state index < -0.39 is 0 Å². The zero-order chi connectivity index (χ0) is 14.3. The van der Waals surface area contributed by atoms with Gasteiger partial charge in [0.05, 0.1) is 0 Å². The van der Waals surface area contributed by atoms with E-state index >= 15 is 0 Å². The van der Waals surface area contributed by atoms with Crippen LogP contribution >= 0.6 is 24.0 Å². The molecule has 0 fully saturated rings. The van der Waals surface area contributed by atoms with Crippen LogP contribution in [0.25, 0.3) is 0 Å². The van der Waals surface area contributed by atoms with Gasteiger partial charge >= 0.3 is 0 Å². The molecule has 0 spiro atoms. The Morgan fingerprint density at radius 2 is 1.80 bits per heavy atom. The number of benzene rings is 1. The zero-order valence-corrected chi connectivity index (χ0v) is 15.5. The molecule has 1 aromatic carbocycles. The number of guanidine groups is 1. The lowest BCUT2D eigenvalue weighted by Gasteiger charge is -2.12. The maximum Gasteiger partial charge on any atom is 0.188 e. The number of hydrogen-bond acceptors (Lipinski definition) is 1. The zero-order valence-electron chi connectivity index (χ0n) is 13.1. The summed E-state index contributed by atoms with van der Waals surface area (Å²) in [5, 5.41) is 3.19. The molecule has 0 aliphatic heterocycles. The summed E-state index contributed by atoms with van der Waals surface area (Å²) in [5.41, 5.74) is 11.3. The fourth-order valence-electron chi connectivity index (χ4n) is 2.33. The summed E-state index contributed by atoms with van der Waals surface area (Å²) in [6.07, 6.45) is 3.24. The molecule has 3 nitrogen and oxygen atoms in total. The number of halogens is 1. The Bertz CT molecular complexity index is 418. The van der Waals surface area contributed by atoms with Gasteiger partial charge in [0.25, 0.3) is 0 Å². The van der Waals surface area contributed by atoms with Crippen molar-refractivity contribution in [2.75, 3.05) is 13.1 Å². The maximum absolute atomic E-state index is 5.82. The molecule has 0 aliphatic carbocycles. The molecule has 0 saturated heterocycles. The van der Waals surface area contributed by atoms with Crippen molar-refractivity contribution in [2.24, 2.45) is 10.7 Å². The van der Waals surface area contributed by atoms with Crippen LogP contribution in [0.2, 0.25) is 0 Å². The van der Waals surface area contributed by atoms with Crippen LogP contribution in [0.3, 0.4) is 0 Å². The number of nitrogens with zero attached hydrogens (tertiary/aromatic N) is 1. The first kappa shape index (κ1) is 19.2. The summed E-state index contributed by atoms with van der Waals surface area (Å²) < 4.78 is 0. The standard InChI is InChI=1S/C16H27N3.HI/c1-5-6-8-18-16(17)19-9-7-15-13(3)10-12(2)11-14(15)4;/h10-11H,5-9H2,1-4H3,(H3,17,18,19);1H. The topological polar surface area (TPSA) is 50.4 Å². The van der Waals surface area contributed by atoms with Gasteiger partial charge in [-0.15, -0.1) is 24.0 Å². The SMILES string of the molecule is CCCCN=C(N)NCCc1c(C)cc(C)cc1C.I. The lowest BCUT2D eigenvalue weighted by atomic mass is 9.97. The minimum absolute atomic E-state index is 0. The summed E-state index contributed by atoms with van der Waals surface area (Å²) in [5.74, 6) is 0.566. The van der Waals surface area contributed by atoms with Gasteiger partial charge in [-0.25, -0.2) is 0 Å². The van der Waals surface area contributed by atoms with E-state index in [2.05, 4.69) is 50.1 Å². The molecule has 4 heteroatoms. The van der Waals surface area contributed by atoms with Gasteiger partial charge in [-0.2, -0.15) is 0 Å². The van der Waals surface area contributed by atoms with Crippen molar-refractivity contribution >= 4 is 29.9 Å². The van der Waals surface area contributed by atoms with E-state index in [4.69, 9.17) is 5.73 Å². The van der Waals surface area contributed by atoms with Crippen LogP contribution in [0.4, 0.5) is 0 Å². The maximum atomic E-state index is 5.82. The van der Waals surface area contributed by atoms with Gasteiger partial charge in [-0.3, -0.25) is 4.99 Å². The van der Waals surface area contributed by atoms with Gasteiger partial charge in [-0.05, 0) is 50.3 Å². The number of hydrogen-bond donors (Lipinski definition) is 2. The third kappa shape index (κ3) is 6.59. The first-order valence-corrected chi connectivity index (χ1v) is 7.15. The monoisotopic (exact) mass is 389 g/mol. The minimum Gasteiger partial charge on any atom is -0.370 e. The molecule has 0 aliphatic rings. The molecule has 0 heterocycles. The van der Waals surface area contributed by atoms with Crippen molar-refractivity contribution in [3.63, 3.8) is 0 Å². The number of nitrogens with one attached hydrogen (secondary N) is 1. The van der Waals surface area contributed by atoms with Crippen molar-refractivity contribution in [1.29, 1.82) is 0 Å². The number of aliphatic imine (C=N–C) groups is 1. The Kier molecular flexibility index (Phi) is 9.63. The van der Waals surface area contributed by atoms with Crippen molar-refractivity contribution in [3.8, 4) is 0 Å². The normalized spacial score (nSPS) is 11.1. The predicted octanol–water partition coefficient (Wildman–Crippen LogP) is 3.48. The Morgan fingerprint density at radius 3 is 2.35 bits per heavy atom. The lowest BCUT2D eigenvalue weighted by molar-refractivity contribution is 0.789. The van der Waals surface area contributed by atoms with Crippen molar-refractivity contribution < 1.29 is 0 Å². The number of unbranched alkanes of at least 4 members (excludes halogenated alkanes) is 1. The van der Waals surface area contributed by atoms with Crippen molar-refractivity contribution in [1.82, 2.24) is 5.32 Å². The molecule has 0 radical (unpaired) electrons. The Hall–Kier alpha value is -0.780. The third-order valence-electron chi connectivity index (χ3n) is 3.32. The Labute approximate surface area is 140 Å². The van der Waals surface area contributed by atoms with Crippen LogP contribution in [-0.2, 0) is 6.42 Å². The van der Waals surface area contributed by atoms with Gasteiger partial charge in [-0.1, -0.05) is 31.0 Å². The predicted molar refractivity (Wildman–Crippen MR) is 99.2 cm³/mol. The van der Waals surface area contributed by atoms with Gasteiger partial charge in [0, 0.05) is 13.1 Å². The van der Waals surface area contributed by atoms with Crippen LogP contribution in [0.15, 0.2) is 17.1 Å². The molecule has 0 saturated carbocycles. The van der Waals surface area contributed by atoms with Gasteiger partial charge in [0.2, 0.25) is 0 Å². The van der Waals surface area contributed by atoms with Crippen molar-refractivity contribution in [2.45, 2.75) is 47.0 Å². The van der Waals surface area contributed by atoms with Crippen LogP contribution in [0, 0.1) is 20.8 Å². The Morgan fingerprint density at radius 1 is 1.20 bits per heavy atom. The molecular weight excluding hydrogens is 361 g/mol. The summed E-state index contributed by atoms with van der Waals surface area (Å²) in [7, 11) is 0. The van der Waals surface area contributed by atoms with E-state index in [1.807, 2.05) is 0 Å². The molecule has 0 unspecified atom stereocenters. The third-order valence-corrected chi connectivity index (χ3v) is 3.32. The average molecular weight is 389 g/mol. The molecule has 20 heavy (non-hydrogen) atoms. The number of rotatable bonds is 6. The Balaban J connectivity index is 0.00000361. The second-order valence-electron chi connectivity index (χ2n) is 5.17.